The number of nitrogens with zero attached hydrogens (tertiary/aromatic N) is 1. The van der Waals surface area contributed by atoms with Crippen molar-refractivity contribution in [1.29, 1.82) is 0 Å². The first-order chi connectivity index (χ1) is 13.0. The van der Waals surface area contributed by atoms with Crippen LogP contribution >= 0.6 is 0 Å². The van der Waals surface area contributed by atoms with E-state index >= 15 is 0 Å². The third-order valence-electron chi connectivity index (χ3n) is 5.63. The molecule has 1 heterocycles. The molecular formula is C20H29FN2O3S. The van der Waals surface area contributed by atoms with Crippen molar-refractivity contribution in [3.63, 3.8) is 0 Å². The zero-order valence-electron chi connectivity index (χ0n) is 15.7. The fraction of sp³-hybridized carbons (Fsp3) is 0.650. The third kappa shape index (κ3) is 5.29. The lowest BCUT2D eigenvalue weighted by atomic mass is 10.0. The first-order valence-corrected chi connectivity index (χ1v) is 11.5. The molecule has 1 saturated carbocycles. The van der Waals surface area contributed by atoms with Crippen LogP contribution in [0, 0.1) is 5.82 Å². The van der Waals surface area contributed by atoms with Gasteiger partial charge in [-0.1, -0.05) is 32.1 Å². The topological polar surface area (TPSA) is 66.5 Å². The summed E-state index contributed by atoms with van der Waals surface area (Å²) in [7, 11) is -3.73. The molecule has 1 aliphatic heterocycles. The van der Waals surface area contributed by atoms with Gasteiger partial charge in [0, 0.05) is 25.0 Å². The Kier molecular flexibility index (Phi) is 6.87. The van der Waals surface area contributed by atoms with Crippen LogP contribution in [0.3, 0.4) is 0 Å². The maximum Gasteiger partial charge on any atom is 0.243 e. The smallest absolute Gasteiger partial charge is 0.243 e. The van der Waals surface area contributed by atoms with Crippen LogP contribution in [0.15, 0.2) is 29.2 Å². The number of carbonyl (C=O) groups excluding carboxylic acids is 1. The second-order valence-corrected chi connectivity index (χ2v) is 9.57. The summed E-state index contributed by atoms with van der Waals surface area (Å²) in [6.07, 6.45) is 9.30. The summed E-state index contributed by atoms with van der Waals surface area (Å²) in [6.45, 7) is 0.404. The van der Waals surface area contributed by atoms with Crippen molar-refractivity contribution in [1.82, 2.24) is 9.62 Å². The van der Waals surface area contributed by atoms with Crippen LogP contribution in [0.1, 0.15) is 64.2 Å². The number of piperidine rings is 1. The quantitative estimate of drug-likeness (QED) is 0.774. The lowest BCUT2D eigenvalue weighted by Crippen LogP contribution is -2.47. The second kappa shape index (κ2) is 9.15. The number of benzene rings is 1. The van der Waals surface area contributed by atoms with Gasteiger partial charge in [-0.2, -0.15) is 4.31 Å². The van der Waals surface area contributed by atoms with E-state index in [-0.39, 0.29) is 29.3 Å². The van der Waals surface area contributed by atoms with Crippen molar-refractivity contribution >= 4 is 15.9 Å². The van der Waals surface area contributed by atoms with Crippen molar-refractivity contribution in [2.45, 2.75) is 81.2 Å². The van der Waals surface area contributed by atoms with Gasteiger partial charge in [0.15, 0.2) is 0 Å². The van der Waals surface area contributed by atoms with Gasteiger partial charge in [0.25, 0.3) is 0 Å². The Balaban J connectivity index is 1.67. The molecule has 1 saturated heterocycles. The number of carbonyl (C=O) groups is 1. The maximum atomic E-state index is 13.2. The minimum atomic E-state index is -3.73. The molecule has 1 atom stereocenters. The Labute approximate surface area is 161 Å². The average Bonchev–Trinajstić information content (AvgIpc) is 2.91. The Hall–Kier alpha value is -1.47. The van der Waals surface area contributed by atoms with E-state index in [9.17, 15) is 17.6 Å². The van der Waals surface area contributed by atoms with Crippen molar-refractivity contribution in [3.8, 4) is 0 Å². The largest absolute Gasteiger partial charge is 0.353 e. The molecule has 2 aliphatic rings. The third-order valence-corrected chi connectivity index (χ3v) is 7.60. The molecule has 0 radical (unpaired) electrons. The number of rotatable bonds is 5. The number of hydrogen-bond acceptors (Lipinski definition) is 3. The van der Waals surface area contributed by atoms with Crippen molar-refractivity contribution in [3.05, 3.63) is 30.1 Å². The minimum absolute atomic E-state index is 0.0619. The highest BCUT2D eigenvalue weighted by molar-refractivity contribution is 7.89. The second-order valence-electron chi connectivity index (χ2n) is 7.68. The van der Waals surface area contributed by atoms with Crippen molar-refractivity contribution < 1.29 is 17.6 Å². The van der Waals surface area contributed by atoms with Gasteiger partial charge < -0.3 is 5.32 Å². The number of sulfonamides is 1. The Morgan fingerprint density at radius 1 is 1.00 bits per heavy atom. The molecule has 3 rings (SSSR count). The fourth-order valence-electron chi connectivity index (χ4n) is 4.16. The molecular weight excluding hydrogens is 367 g/mol. The predicted molar refractivity (Wildman–Crippen MR) is 102 cm³/mol. The van der Waals surface area contributed by atoms with E-state index in [4.69, 9.17) is 0 Å². The molecule has 0 bridgehead atoms. The SMILES string of the molecule is O=C(C[C@H]1CCCCN1S(=O)(=O)c1ccc(F)cc1)NC1CCCCCC1. The average molecular weight is 397 g/mol. The van der Waals surface area contributed by atoms with Gasteiger partial charge >= 0.3 is 0 Å². The van der Waals surface area contributed by atoms with Crippen LogP contribution in [0.4, 0.5) is 4.39 Å². The molecule has 1 aromatic carbocycles. The predicted octanol–water partition coefficient (Wildman–Crippen LogP) is 3.60. The van der Waals surface area contributed by atoms with Gasteiger partial charge in [0.1, 0.15) is 5.82 Å². The normalized spacial score (nSPS) is 22.9. The monoisotopic (exact) mass is 396 g/mol. The van der Waals surface area contributed by atoms with Crippen LogP contribution in [0.25, 0.3) is 0 Å². The summed E-state index contributed by atoms with van der Waals surface area (Å²) in [5.74, 6) is -0.528. The Morgan fingerprint density at radius 3 is 2.30 bits per heavy atom. The summed E-state index contributed by atoms with van der Waals surface area (Å²) in [5, 5.41) is 3.12. The van der Waals surface area contributed by atoms with Crippen LogP contribution in [0.2, 0.25) is 0 Å². The highest BCUT2D eigenvalue weighted by Gasteiger charge is 2.34. The van der Waals surface area contributed by atoms with Crippen molar-refractivity contribution in [2.24, 2.45) is 0 Å². The summed E-state index contributed by atoms with van der Waals surface area (Å²) in [5.41, 5.74) is 0. The first-order valence-electron chi connectivity index (χ1n) is 10.0. The molecule has 0 aromatic heterocycles. The number of hydrogen-bond donors (Lipinski definition) is 1. The number of amides is 1. The molecule has 5 nitrogen and oxygen atoms in total. The van der Waals surface area contributed by atoms with E-state index in [0.29, 0.717) is 13.0 Å². The molecule has 1 aromatic rings. The zero-order valence-corrected chi connectivity index (χ0v) is 16.5. The van der Waals surface area contributed by atoms with E-state index in [1.165, 1.54) is 29.3 Å². The fourth-order valence-corrected chi connectivity index (χ4v) is 5.85. The van der Waals surface area contributed by atoms with Gasteiger partial charge in [0.05, 0.1) is 4.90 Å². The van der Waals surface area contributed by atoms with Crippen LogP contribution in [-0.2, 0) is 14.8 Å². The molecule has 0 spiro atoms. The van der Waals surface area contributed by atoms with Crippen LogP contribution in [-0.4, -0.2) is 37.3 Å². The summed E-state index contributed by atoms with van der Waals surface area (Å²) < 4.78 is 40.6. The molecule has 1 amide bonds. The zero-order chi connectivity index (χ0) is 19.3. The number of nitrogens with one attached hydrogen (secondary N) is 1. The Morgan fingerprint density at radius 2 is 1.63 bits per heavy atom. The van der Waals surface area contributed by atoms with E-state index in [1.807, 2.05) is 0 Å². The highest BCUT2D eigenvalue weighted by Crippen LogP contribution is 2.27. The highest BCUT2D eigenvalue weighted by atomic mass is 32.2. The van der Waals surface area contributed by atoms with Gasteiger partial charge in [-0.3, -0.25) is 4.79 Å². The molecule has 7 heteroatoms. The maximum absolute atomic E-state index is 13.2. The molecule has 27 heavy (non-hydrogen) atoms. The number of halogens is 1. The van der Waals surface area contributed by atoms with E-state index < -0.39 is 15.8 Å². The van der Waals surface area contributed by atoms with Gasteiger partial charge in [-0.05, 0) is 49.9 Å². The summed E-state index contributed by atoms with van der Waals surface area (Å²) in [6, 6.07) is 4.78. The van der Waals surface area contributed by atoms with E-state index in [0.717, 1.165) is 50.7 Å². The molecule has 2 fully saturated rings. The van der Waals surface area contributed by atoms with Gasteiger partial charge in [-0.15, -0.1) is 0 Å². The van der Waals surface area contributed by atoms with E-state index in [1.54, 1.807) is 0 Å². The molecule has 1 aliphatic carbocycles. The van der Waals surface area contributed by atoms with E-state index in [2.05, 4.69) is 5.32 Å². The van der Waals surface area contributed by atoms with Gasteiger partial charge in [0.2, 0.25) is 15.9 Å². The molecule has 1 N–H and O–H groups in total. The van der Waals surface area contributed by atoms with Crippen LogP contribution < -0.4 is 5.32 Å². The Bertz CT molecular complexity index is 728. The summed E-state index contributed by atoms with van der Waals surface area (Å²) >= 11 is 0. The first kappa shape index (κ1) is 20.3. The summed E-state index contributed by atoms with van der Waals surface area (Å²) in [4.78, 5) is 12.6. The van der Waals surface area contributed by atoms with Gasteiger partial charge in [-0.25, -0.2) is 12.8 Å². The molecule has 0 unspecified atom stereocenters. The lowest BCUT2D eigenvalue weighted by molar-refractivity contribution is -0.122. The lowest BCUT2D eigenvalue weighted by Gasteiger charge is -2.34. The minimum Gasteiger partial charge on any atom is -0.353 e. The molecule has 150 valence electrons. The van der Waals surface area contributed by atoms with Crippen LogP contribution in [0.5, 0.6) is 0 Å². The van der Waals surface area contributed by atoms with Crippen molar-refractivity contribution in [2.75, 3.05) is 6.54 Å². The standard InChI is InChI=1S/C20H29FN2O3S/c21-16-10-12-19(13-11-16)27(25,26)23-14-6-5-9-18(23)15-20(24)22-17-7-3-1-2-4-8-17/h10-13,17-18H,1-9,14-15H2,(H,22,24)/t18-/m1/s1.